The molecule has 0 saturated heterocycles. The molecule has 0 heterocycles. The second kappa shape index (κ2) is 6.63. The van der Waals surface area contributed by atoms with Gasteiger partial charge in [-0.2, -0.15) is 0 Å². The quantitative estimate of drug-likeness (QED) is 0.691. The van der Waals surface area contributed by atoms with E-state index in [-0.39, 0.29) is 10.9 Å². The highest BCUT2D eigenvalue weighted by molar-refractivity contribution is 8.13. The van der Waals surface area contributed by atoms with Gasteiger partial charge in [-0.15, -0.1) is 0 Å². The number of aliphatic hydroxyl groups is 2. The summed E-state index contributed by atoms with van der Waals surface area (Å²) in [4.78, 5) is 10.8. The van der Waals surface area contributed by atoms with Crippen molar-refractivity contribution in [1.29, 1.82) is 0 Å². The third kappa shape index (κ3) is 3.90. The number of thioether (sulfide) groups is 1. The summed E-state index contributed by atoms with van der Waals surface area (Å²) >= 11 is 0.969. The van der Waals surface area contributed by atoms with Crippen molar-refractivity contribution in [3.63, 3.8) is 0 Å². The van der Waals surface area contributed by atoms with E-state index in [1.165, 1.54) is 14.0 Å². The fourth-order valence-electron chi connectivity index (χ4n) is 1.45. The fraction of sp³-hybridized carbons (Fsp3) is 0.417. The standard InChI is InChI=1S/C12H17NO4S/c1-7(14)18-6-10(15)12(16)8-3-4-11(17-2)9(13)5-8/h3-5,10,12,15-16H,6,13H2,1-2H3. The molecule has 0 fully saturated rings. The number of nitrogen functional groups attached to an aromatic ring is 1. The van der Waals surface area contributed by atoms with Crippen LogP contribution in [0.15, 0.2) is 18.2 Å². The minimum atomic E-state index is -1.08. The molecule has 1 aromatic carbocycles. The topological polar surface area (TPSA) is 92.8 Å². The van der Waals surface area contributed by atoms with Crippen molar-refractivity contribution in [3.05, 3.63) is 23.8 Å². The van der Waals surface area contributed by atoms with Crippen molar-refractivity contribution in [3.8, 4) is 5.75 Å². The fourth-order valence-corrected chi connectivity index (χ4v) is 2.04. The number of carbonyl (C=O) groups excluding carboxylic acids is 1. The number of benzene rings is 1. The Bertz CT molecular complexity index is 425. The van der Waals surface area contributed by atoms with Crippen molar-refractivity contribution in [2.24, 2.45) is 0 Å². The van der Waals surface area contributed by atoms with E-state index in [1.54, 1.807) is 18.2 Å². The summed E-state index contributed by atoms with van der Waals surface area (Å²) in [5.74, 6) is 0.654. The Morgan fingerprint density at radius 1 is 1.50 bits per heavy atom. The average molecular weight is 271 g/mol. The number of carbonyl (C=O) groups is 1. The number of hydrogen-bond acceptors (Lipinski definition) is 6. The van der Waals surface area contributed by atoms with E-state index in [1.807, 2.05) is 0 Å². The molecule has 1 rings (SSSR count). The largest absolute Gasteiger partial charge is 0.495 e. The summed E-state index contributed by atoms with van der Waals surface area (Å²) < 4.78 is 5.00. The third-order valence-electron chi connectivity index (χ3n) is 2.42. The van der Waals surface area contributed by atoms with Crippen molar-refractivity contribution < 1.29 is 19.7 Å². The Morgan fingerprint density at radius 2 is 2.17 bits per heavy atom. The summed E-state index contributed by atoms with van der Waals surface area (Å²) in [6.07, 6.45) is -2.10. The van der Waals surface area contributed by atoms with E-state index in [4.69, 9.17) is 10.5 Å². The Balaban J connectivity index is 2.74. The number of rotatable bonds is 5. The molecule has 0 amide bonds. The SMILES string of the molecule is COc1ccc(C(O)C(O)CSC(C)=O)cc1N. The van der Waals surface area contributed by atoms with Gasteiger partial charge in [-0.05, 0) is 17.7 Å². The van der Waals surface area contributed by atoms with Gasteiger partial charge in [0.15, 0.2) is 5.12 Å². The van der Waals surface area contributed by atoms with Crippen LogP contribution in [-0.4, -0.2) is 34.3 Å². The lowest BCUT2D eigenvalue weighted by Crippen LogP contribution is -2.21. The number of ether oxygens (including phenoxy) is 1. The minimum absolute atomic E-state index is 0.101. The van der Waals surface area contributed by atoms with Crippen LogP contribution in [-0.2, 0) is 4.79 Å². The van der Waals surface area contributed by atoms with Gasteiger partial charge in [0.05, 0.1) is 18.9 Å². The highest BCUT2D eigenvalue weighted by Crippen LogP contribution is 2.27. The monoisotopic (exact) mass is 271 g/mol. The summed E-state index contributed by atoms with van der Waals surface area (Å²) in [6, 6.07) is 4.80. The van der Waals surface area contributed by atoms with Gasteiger partial charge < -0.3 is 20.7 Å². The van der Waals surface area contributed by atoms with Crippen LogP contribution < -0.4 is 10.5 Å². The van der Waals surface area contributed by atoms with Crippen molar-refractivity contribution in [2.45, 2.75) is 19.1 Å². The van der Waals surface area contributed by atoms with E-state index >= 15 is 0 Å². The number of hydrogen-bond donors (Lipinski definition) is 3. The molecular formula is C12H17NO4S. The van der Waals surface area contributed by atoms with E-state index in [2.05, 4.69) is 0 Å². The summed E-state index contributed by atoms with van der Waals surface area (Å²) in [5, 5.41) is 19.6. The molecule has 1 aromatic rings. The van der Waals surface area contributed by atoms with Crippen LogP contribution in [0.5, 0.6) is 5.75 Å². The molecule has 0 aromatic heterocycles. The van der Waals surface area contributed by atoms with Gasteiger partial charge in [0.2, 0.25) is 0 Å². The molecule has 4 N–H and O–H groups in total. The summed E-state index contributed by atoms with van der Waals surface area (Å²) in [7, 11) is 1.50. The maximum absolute atomic E-state index is 10.8. The van der Waals surface area contributed by atoms with E-state index in [0.29, 0.717) is 17.0 Å². The van der Waals surface area contributed by atoms with Gasteiger partial charge in [-0.3, -0.25) is 4.79 Å². The molecule has 0 aliphatic heterocycles. The van der Waals surface area contributed by atoms with Gasteiger partial charge in [-0.1, -0.05) is 17.8 Å². The number of anilines is 1. The molecule has 0 spiro atoms. The first kappa shape index (κ1) is 14.8. The third-order valence-corrected chi connectivity index (χ3v) is 3.33. The number of methoxy groups -OCH3 is 1. The molecule has 2 unspecified atom stereocenters. The van der Waals surface area contributed by atoms with Gasteiger partial charge in [0.1, 0.15) is 11.9 Å². The van der Waals surface area contributed by atoms with Crippen LogP contribution in [0.1, 0.15) is 18.6 Å². The molecule has 0 saturated carbocycles. The highest BCUT2D eigenvalue weighted by atomic mass is 32.2. The molecule has 0 aliphatic rings. The lowest BCUT2D eigenvalue weighted by Gasteiger charge is -2.18. The molecule has 18 heavy (non-hydrogen) atoms. The Morgan fingerprint density at radius 3 is 2.67 bits per heavy atom. The second-order valence-electron chi connectivity index (χ2n) is 3.82. The Hall–Kier alpha value is -1.24. The zero-order chi connectivity index (χ0) is 13.7. The van der Waals surface area contributed by atoms with Crippen molar-refractivity contribution >= 4 is 22.6 Å². The van der Waals surface area contributed by atoms with Gasteiger partial charge in [0, 0.05) is 12.7 Å². The smallest absolute Gasteiger partial charge is 0.185 e. The van der Waals surface area contributed by atoms with Crippen LogP contribution >= 0.6 is 11.8 Å². The lowest BCUT2D eigenvalue weighted by molar-refractivity contribution is -0.109. The van der Waals surface area contributed by atoms with Crippen LogP contribution in [0.4, 0.5) is 5.69 Å². The second-order valence-corrected chi connectivity index (χ2v) is 5.01. The van der Waals surface area contributed by atoms with E-state index in [9.17, 15) is 15.0 Å². The van der Waals surface area contributed by atoms with E-state index in [0.717, 1.165) is 11.8 Å². The van der Waals surface area contributed by atoms with Crippen molar-refractivity contribution in [1.82, 2.24) is 0 Å². The molecule has 100 valence electrons. The Labute approximate surface area is 110 Å². The summed E-state index contributed by atoms with van der Waals surface area (Å²) in [5.41, 5.74) is 6.59. The minimum Gasteiger partial charge on any atom is -0.495 e. The predicted molar refractivity (Wildman–Crippen MR) is 71.5 cm³/mol. The zero-order valence-electron chi connectivity index (χ0n) is 10.3. The molecular weight excluding hydrogens is 254 g/mol. The highest BCUT2D eigenvalue weighted by Gasteiger charge is 2.19. The normalized spacial score (nSPS) is 14.0. The first-order valence-corrected chi connectivity index (χ1v) is 6.37. The van der Waals surface area contributed by atoms with Crippen LogP contribution in [0.3, 0.4) is 0 Å². The maximum atomic E-state index is 10.8. The molecule has 0 bridgehead atoms. The maximum Gasteiger partial charge on any atom is 0.185 e. The molecule has 5 nitrogen and oxygen atoms in total. The number of nitrogens with two attached hydrogens (primary N) is 1. The average Bonchev–Trinajstić information content (AvgIpc) is 2.34. The van der Waals surface area contributed by atoms with Crippen LogP contribution in [0.25, 0.3) is 0 Å². The molecule has 0 radical (unpaired) electrons. The Kier molecular flexibility index (Phi) is 5.46. The molecule has 6 heteroatoms. The van der Waals surface area contributed by atoms with Gasteiger partial charge in [0.25, 0.3) is 0 Å². The van der Waals surface area contributed by atoms with E-state index < -0.39 is 12.2 Å². The zero-order valence-corrected chi connectivity index (χ0v) is 11.1. The molecule has 0 aliphatic carbocycles. The lowest BCUT2D eigenvalue weighted by atomic mass is 10.0. The summed E-state index contributed by atoms with van der Waals surface area (Å²) in [6.45, 7) is 1.41. The van der Waals surface area contributed by atoms with Gasteiger partial charge >= 0.3 is 0 Å². The van der Waals surface area contributed by atoms with Gasteiger partial charge in [-0.25, -0.2) is 0 Å². The van der Waals surface area contributed by atoms with Crippen LogP contribution in [0.2, 0.25) is 0 Å². The molecule has 2 atom stereocenters. The van der Waals surface area contributed by atoms with Crippen LogP contribution in [0, 0.1) is 0 Å². The first-order valence-electron chi connectivity index (χ1n) is 5.38. The first-order chi connectivity index (χ1) is 8.45. The predicted octanol–water partition coefficient (Wildman–Crippen LogP) is 0.951. The van der Waals surface area contributed by atoms with Crippen molar-refractivity contribution in [2.75, 3.05) is 18.6 Å². The number of aliphatic hydroxyl groups excluding tert-OH is 2.